The van der Waals surface area contributed by atoms with Crippen molar-refractivity contribution in [2.75, 3.05) is 7.11 Å². The number of carbonyl (C=O) groups excluding carboxylic acids is 2. The summed E-state index contributed by atoms with van der Waals surface area (Å²) in [6.45, 7) is 13.5. The summed E-state index contributed by atoms with van der Waals surface area (Å²) >= 11 is 0. The summed E-state index contributed by atoms with van der Waals surface area (Å²) in [6.07, 6.45) is 1.85. The van der Waals surface area contributed by atoms with Crippen molar-refractivity contribution in [3.63, 3.8) is 0 Å². The molecular weight excluding hydrogens is 412 g/mol. The van der Waals surface area contributed by atoms with Gasteiger partial charge in [0.2, 0.25) is 0 Å². The molecule has 0 amide bonds. The van der Waals surface area contributed by atoms with Gasteiger partial charge in [0.1, 0.15) is 0 Å². The molecule has 176 valence electrons. The molecule has 0 radical (unpaired) electrons. The summed E-state index contributed by atoms with van der Waals surface area (Å²) in [7, 11) is 1.34. The highest BCUT2D eigenvalue weighted by molar-refractivity contribution is 6.01. The third kappa shape index (κ3) is 3.93. The number of aliphatic hydroxyl groups is 1. The summed E-state index contributed by atoms with van der Waals surface area (Å²) in [5.74, 6) is -0.944. The average molecular weight is 449 g/mol. The zero-order chi connectivity index (χ0) is 24.3. The highest BCUT2D eigenvalue weighted by Crippen LogP contribution is 2.51. The second kappa shape index (κ2) is 7.80. The molecule has 0 heterocycles. The molecule has 0 bridgehead atoms. The standard InChI is InChI=1S/C29H36O4/c1-27(2)12-13-28(3,4)23-15-21-19(14-22(23)27)25(31)20(16-29(21,5)6)24(30)17-8-10-18(11-9-17)26(32)33-7/h8-11,14-15,20,24,30H,12-13,16H2,1-7H3. The minimum atomic E-state index is -0.933. The van der Waals surface area contributed by atoms with Gasteiger partial charge in [-0.15, -0.1) is 0 Å². The fourth-order valence-corrected chi connectivity index (χ4v) is 5.75. The predicted octanol–water partition coefficient (Wildman–Crippen LogP) is 6.04. The van der Waals surface area contributed by atoms with Crippen molar-refractivity contribution in [1.29, 1.82) is 0 Å². The van der Waals surface area contributed by atoms with Gasteiger partial charge in [-0.2, -0.15) is 0 Å². The highest BCUT2D eigenvalue weighted by Gasteiger charge is 2.45. The molecule has 0 spiro atoms. The number of ketones is 1. The molecule has 2 aromatic rings. The van der Waals surface area contributed by atoms with Gasteiger partial charge in [0.05, 0.1) is 24.7 Å². The van der Waals surface area contributed by atoms with Crippen LogP contribution in [-0.4, -0.2) is 24.0 Å². The Labute approximate surface area is 197 Å². The number of fused-ring (bicyclic) bond motifs is 2. The number of aliphatic hydroxyl groups excluding tert-OH is 1. The van der Waals surface area contributed by atoms with Crippen molar-refractivity contribution in [3.05, 3.63) is 69.8 Å². The van der Waals surface area contributed by atoms with Crippen LogP contribution in [0.3, 0.4) is 0 Å². The largest absolute Gasteiger partial charge is 0.465 e. The van der Waals surface area contributed by atoms with Crippen molar-refractivity contribution < 1.29 is 19.4 Å². The van der Waals surface area contributed by atoms with Crippen LogP contribution in [0.25, 0.3) is 0 Å². The van der Waals surface area contributed by atoms with E-state index in [2.05, 4.69) is 53.7 Å². The summed E-state index contributed by atoms with van der Waals surface area (Å²) < 4.78 is 4.76. The van der Waals surface area contributed by atoms with E-state index in [1.54, 1.807) is 24.3 Å². The lowest BCUT2D eigenvalue weighted by Crippen LogP contribution is -2.40. The number of benzene rings is 2. The van der Waals surface area contributed by atoms with E-state index < -0.39 is 18.0 Å². The highest BCUT2D eigenvalue weighted by atomic mass is 16.5. The van der Waals surface area contributed by atoms with E-state index in [0.717, 1.165) is 24.0 Å². The van der Waals surface area contributed by atoms with Crippen LogP contribution in [-0.2, 0) is 21.0 Å². The van der Waals surface area contributed by atoms with Crippen molar-refractivity contribution in [1.82, 2.24) is 0 Å². The van der Waals surface area contributed by atoms with Crippen LogP contribution in [0.1, 0.15) is 110 Å². The van der Waals surface area contributed by atoms with Crippen LogP contribution in [0, 0.1) is 5.92 Å². The van der Waals surface area contributed by atoms with Gasteiger partial charge in [0.25, 0.3) is 0 Å². The number of hydrogen-bond donors (Lipinski definition) is 1. The van der Waals surface area contributed by atoms with E-state index in [4.69, 9.17) is 4.74 Å². The van der Waals surface area contributed by atoms with E-state index in [9.17, 15) is 14.7 Å². The normalized spacial score (nSPS) is 23.3. The van der Waals surface area contributed by atoms with E-state index in [1.165, 1.54) is 18.2 Å². The molecule has 0 fully saturated rings. The summed E-state index contributed by atoms with van der Waals surface area (Å²) in [5, 5.41) is 11.2. The SMILES string of the molecule is COC(=O)c1ccc(C(O)C2CC(C)(C)c3cc4c(cc3C2=O)C(C)(C)CCC4(C)C)cc1. The lowest BCUT2D eigenvalue weighted by atomic mass is 9.59. The first-order valence-corrected chi connectivity index (χ1v) is 11.9. The molecule has 2 aliphatic carbocycles. The summed E-state index contributed by atoms with van der Waals surface area (Å²) in [4.78, 5) is 25.5. The Balaban J connectivity index is 1.76. The Morgan fingerprint density at radius 3 is 2.00 bits per heavy atom. The molecule has 4 heteroatoms. The molecule has 0 saturated carbocycles. The molecule has 2 aliphatic rings. The first-order chi connectivity index (χ1) is 15.3. The minimum absolute atomic E-state index is 0.0100. The van der Waals surface area contributed by atoms with Gasteiger partial charge in [0.15, 0.2) is 5.78 Å². The monoisotopic (exact) mass is 448 g/mol. The maximum atomic E-state index is 13.8. The van der Waals surface area contributed by atoms with Gasteiger partial charge < -0.3 is 9.84 Å². The Hall–Kier alpha value is -2.46. The number of methoxy groups -OCH3 is 1. The van der Waals surface area contributed by atoms with Crippen LogP contribution in [0.5, 0.6) is 0 Å². The quantitative estimate of drug-likeness (QED) is 0.582. The van der Waals surface area contributed by atoms with E-state index in [-0.39, 0.29) is 22.0 Å². The lowest BCUT2D eigenvalue weighted by Gasteiger charge is -2.45. The Kier molecular flexibility index (Phi) is 5.60. The van der Waals surface area contributed by atoms with Gasteiger partial charge >= 0.3 is 5.97 Å². The zero-order valence-electron chi connectivity index (χ0n) is 20.9. The molecule has 0 saturated heterocycles. The van der Waals surface area contributed by atoms with Crippen LogP contribution in [0.4, 0.5) is 0 Å². The molecule has 1 N–H and O–H groups in total. The summed E-state index contributed by atoms with van der Waals surface area (Å²) in [5.41, 5.74) is 5.39. The zero-order valence-corrected chi connectivity index (χ0v) is 20.9. The maximum Gasteiger partial charge on any atom is 0.337 e. The number of hydrogen-bond acceptors (Lipinski definition) is 4. The van der Waals surface area contributed by atoms with E-state index in [1.807, 2.05) is 0 Å². The predicted molar refractivity (Wildman–Crippen MR) is 130 cm³/mol. The van der Waals surface area contributed by atoms with Gasteiger partial charge in [-0.25, -0.2) is 4.79 Å². The third-order valence-corrected chi connectivity index (χ3v) is 8.11. The average Bonchev–Trinajstić information content (AvgIpc) is 2.78. The molecule has 2 aromatic carbocycles. The van der Waals surface area contributed by atoms with E-state index >= 15 is 0 Å². The molecule has 2 atom stereocenters. The molecule has 4 nitrogen and oxygen atoms in total. The van der Waals surface area contributed by atoms with Crippen LogP contribution in [0.15, 0.2) is 36.4 Å². The fourth-order valence-electron chi connectivity index (χ4n) is 5.75. The smallest absolute Gasteiger partial charge is 0.337 e. The third-order valence-electron chi connectivity index (χ3n) is 8.11. The number of ether oxygens (including phenoxy) is 1. The first kappa shape index (κ1) is 23.7. The van der Waals surface area contributed by atoms with Crippen molar-refractivity contribution in [2.24, 2.45) is 5.92 Å². The Morgan fingerprint density at radius 2 is 1.45 bits per heavy atom. The number of Topliss-reactive ketones (excluding diaryl/α,β-unsaturated/α-hetero) is 1. The van der Waals surface area contributed by atoms with Crippen molar-refractivity contribution in [2.45, 2.75) is 83.2 Å². The van der Waals surface area contributed by atoms with Gasteiger partial charge in [-0.1, -0.05) is 59.7 Å². The Morgan fingerprint density at radius 1 is 0.909 bits per heavy atom. The summed E-state index contributed by atoms with van der Waals surface area (Å²) in [6, 6.07) is 11.1. The molecule has 0 aromatic heterocycles. The van der Waals surface area contributed by atoms with Crippen molar-refractivity contribution >= 4 is 11.8 Å². The van der Waals surface area contributed by atoms with Crippen molar-refractivity contribution in [3.8, 4) is 0 Å². The molecular formula is C29H36O4. The van der Waals surface area contributed by atoms with Crippen LogP contribution in [0.2, 0.25) is 0 Å². The lowest BCUT2D eigenvalue weighted by molar-refractivity contribution is 0.0562. The number of rotatable bonds is 3. The maximum absolute atomic E-state index is 13.8. The van der Waals surface area contributed by atoms with Gasteiger partial charge in [-0.3, -0.25) is 4.79 Å². The van der Waals surface area contributed by atoms with Crippen LogP contribution >= 0.6 is 0 Å². The number of carbonyl (C=O) groups is 2. The minimum Gasteiger partial charge on any atom is -0.465 e. The van der Waals surface area contributed by atoms with Gasteiger partial charge in [-0.05, 0) is 76.0 Å². The van der Waals surface area contributed by atoms with E-state index in [0.29, 0.717) is 17.5 Å². The Bertz CT molecular complexity index is 1110. The topological polar surface area (TPSA) is 63.6 Å². The van der Waals surface area contributed by atoms with Gasteiger partial charge in [0, 0.05) is 5.56 Å². The van der Waals surface area contributed by atoms with Crippen LogP contribution < -0.4 is 0 Å². The number of esters is 1. The fraction of sp³-hybridized carbons (Fsp3) is 0.517. The molecule has 33 heavy (non-hydrogen) atoms. The second-order valence-electron chi connectivity index (χ2n) is 11.8. The molecule has 4 rings (SSSR count). The second-order valence-corrected chi connectivity index (χ2v) is 11.8. The first-order valence-electron chi connectivity index (χ1n) is 11.9. The molecule has 0 aliphatic heterocycles. The molecule has 2 unspecified atom stereocenters.